The van der Waals surface area contributed by atoms with Crippen molar-refractivity contribution in [2.45, 2.75) is 19.9 Å². The van der Waals surface area contributed by atoms with Gasteiger partial charge in [-0.1, -0.05) is 35.1 Å². The average Bonchev–Trinajstić information content (AvgIpc) is 3.17. The summed E-state index contributed by atoms with van der Waals surface area (Å²) in [4.78, 5) is 24.4. The van der Waals surface area contributed by atoms with Gasteiger partial charge in [-0.3, -0.25) is 5.32 Å². The lowest BCUT2D eigenvalue weighted by Crippen LogP contribution is -2.52. The normalized spacial score (nSPS) is 16.1. The van der Waals surface area contributed by atoms with Gasteiger partial charge in [0.15, 0.2) is 5.13 Å². The van der Waals surface area contributed by atoms with Crippen LogP contribution in [0.5, 0.6) is 0 Å². The summed E-state index contributed by atoms with van der Waals surface area (Å²) in [6, 6.07) is 13.2. The number of aryl methyl sites for hydroxylation is 1. The minimum absolute atomic E-state index is 0.171. The van der Waals surface area contributed by atoms with Crippen LogP contribution in [0.3, 0.4) is 0 Å². The van der Waals surface area contributed by atoms with E-state index >= 15 is 0 Å². The van der Waals surface area contributed by atoms with Gasteiger partial charge in [-0.15, -0.1) is 0 Å². The predicted octanol–water partition coefficient (Wildman–Crippen LogP) is 4.53. The Bertz CT molecular complexity index is 1150. The Morgan fingerprint density at radius 3 is 2.90 bits per heavy atom. The van der Waals surface area contributed by atoms with Crippen LogP contribution in [0.15, 0.2) is 36.4 Å². The van der Waals surface area contributed by atoms with E-state index in [1.54, 1.807) is 23.1 Å². The number of piperazine rings is 1. The molecule has 2 N–H and O–H groups in total. The third kappa shape index (κ3) is 4.85. The van der Waals surface area contributed by atoms with Crippen molar-refractivity contribution in [1.29, 1.82) is 5.26 Å². The molecule has 0 spiro atoms. The second-order valence-electron chi connectivity index (χ2n) is 7.44. The monoisotopic (exact) mass is 452 g/mol. The molecule has 2 amide bonds. The number of hydrogen-bond donors (Lipinski definition) is 2. The Morgan fingerprint density at radius 2 is 2.16 bits per heavy atom. The Morgan fingerprint density at radius 1 is 1.32 bits per heavy atom. The number of carbonyl (C=O) groups excluding carboxylic acids is 1. The van der Waals surface area contributed by atoms with E-state index in [1.165, 1.54) is 11.3 Å². The summed E-state index contributed by atoms with van der Waals surface area (Å²) in [5.74, 6) is 0. The fourth-order valence-corrected chi connectivity index (χ4v) is 4.76. The van der Waals surface area contributed by atoms with E-state index in [9.17, 15) is 10.1 Å². The highest BCUT2D eigenvalue weighted by Crippen LogP contribution is 2.40. The number of amides is 2. The molecule has 1 atom stereocenters. The summed E-state index contributed by atoms with van der Waals surface area (Å²) in [7, 11) is 0. The summed E-state index contributed by atoms with van der Waals surface area (Å²) in [5.41, 5.74) is 3.68. The second-order valence-corrected chi connectivity index (χ2v) is 8.83. The van der Waals surface area contributed by atoms with Crippen LogP contribution in [0.25, 0.3) is 21.7 Å². The highest BCUT2D eigenvalue weighted by molar-refractivity contribution is 7.19. The third-order valence-electron chi connectivity index (χ3n) is 4.95. The molecule has 2 aromatic heterocycles. The minimum Gasteiger partial charge on any atom is -0.322 e. The number of carbonyl (C=O) groups is 1. The molecule has 0 radical (unpaired) electrons. The van der Waals surface area contributed by atoms with E-state index in [0.29, 0.717) is 34.6 Å². The molecular formula is C22H21ClN6OS. The molecule has 1 aliphatic heterocycles. The number of nitrogens with one attached hydrogen (secondary N) is 2. The molecule has 1 aromatic carbocycles. The molecule has 31 heavy (non-hydrogen) atoms. The van der Waals surface area contributed by atoms with Gasteiger partial charge in [0.1, 0.15) is 5.15 Å². The van der Waals surface area contributed by atoms with Gasteiger partial charge in [0.25, 0.3) is 0 Å². The lowest BCUT2D eigenvalue weighted by atomic mass is 10.1. The van der Waals surface area contributed by atoms with Crippen molar-refractivity contribution in [1.82, 2.24) is 20.2 Å². The Balaban J connectivity index is 1.73. The van der Waals surface area contributed by atoms with Crippen molar-refractivity contribution < 1.29 is 4.79 Å². The van der Waals surface area contributed by atoms with E-state index in [4.69, 9.17) is 16.6 Å². The second kappa shape index (κ2) is 9.02. The molecule has 9 heteroatoms. The number of halogens is 1. The Labute approximate surface area is 189 Å². The van der Waals surface area contributed by atoms with Crippen molar-refractivity contribution in [2.75, 3.05) is 25.0 Å². The predicted molar refractivity (Wildman–Crippen MR) is 123 cm³/mol. The van der Waals surface area contributed by atoms with Gasteiger partial charge < -0.3 is 10.2 Å². The van der Waals surface area contributed by atoms with E-state index in [1.807, 2.05) is 25.1 Å². The van der Waals surface area contributed by atoms with Gasteiger partial charge in [-0.25, -0.2) is 14.8 Å². The molecule has 1 fully saturated rings. The Hall–Kier alpha value is -2.99. The first-order chi connectivity index (χ1) is 14.9. The fraction of sp³-hybridized carbons (Fsp3) is 0.273. The molecule has 1 saturated heterocycles. The number of rotatable bonds is 3. The quantitative estimate of drug-likeness (QED) is 0.569. The molecule has 7 nitrogen and oxygen atoms in total. The lowest BCUT2D eigenvalue weighted by molar-refractivity contribution is 0.192. The SMILES string of the molecule is Cc1cc(-c2sc(NC(=O)N3CCN[C@H](C)C3)nc2-c2cccc(C#N)c2)cc(Cl)n1. The average molecular weight is 453 g/mol. The lowest BCUT2D eigenvalue weighted by Gasteiger charge is -2.31. The minimum atomic E-state index is -0.171. The van der Waals surface area contributed by atoms with Crippen molar-refractivity contribution in [3.8, 4) is 27.8 Å². The summed E-state index contributed by atoms with van der Waals surface area (Å²) in [5, 5.41) is 16.5. The number of aromatic nitrogens is 2. The van der Waals surface area contributed by atoms with Gasteiger partial charge >= 0.3 is 6.03 Å². The molecule has 3 aromatic rings. The first-order valence-corrected chi connectivity index (χ1v) is 11.1. The van der Waals surface area contributed by atoms with Crippen LogP contribution in [-0.2, 0) is 0 Å². The van der Waals surface area contributed by atoms with E-state index in [0.717, 1.165) is 28.2 Å². The number of nitriles is 1. The smallest absolute Gasteiger partial charge is 0.322 e. The number of anilines is 1. The van der Waals surface area contributed by atoms with Crippen LogP contribution >= 0.6 is 22.9 Å². The molecule has 1 aliphatic rings. The summed E-state index contributed by atoms with van der Waals surface area (Å²) < 4.78 is 0. The molecule has 0 saturated carbocycles. The maximum Gasteiger partial charge on any atom is 0.323 e. The number of thiazole rings is 1. The number of benzene rings is 1. The van der Waals surface area contributed by atoms with Gasteiger partial charge in [-0.2, -0.15) is 5.26 Å². The maximum absolute atomic E-state index is 12.8. The summed E-state index contributed by atoms with van der Waals surface area (Å²) >= 11 is 7.58. The highest BCUT2D eigenvalue weighted by Gasteiger charge is 2.23. The largest absolute Gasteiger partial charge is 0.323 e. The van der Waals surface area contributed by atoms with Gasteiger partial charge in [0, 0.05) is 36.9 Å². The molecule has 0 unspecified atom stereocenters. The number of nitrogens with zero attached hydrogens (tertiary/aromatic N) is 4. The van der Waals surface area contributed by atoms with E-state index < -0.39 is 0 Å². The fourth-order valence-electron chi connectivity index (χ4n) is 3.55. The van der Waals surface area contributed by atoms with Crippen LogP contribution in [-0.4, -0.2) is 46.6 Å². The number of urea groups is 1. The molecule has 4 rings (SSSR count). The number of hydrogen-bond acceptors (Lipinski definition) is 6. The Kier molecular flexibility index (Phi) is 6.18. The molecule has 0 aliphatic carbocycles. The van der Waals surface area contributed by atoms with E-state index in [-0.39, 0.29) is 12.1 Å². The zero-order chi connectivity index (χ0) is 22.0. The standard InChI is InChI=1S/C22H21ClN6OS/c1-13-8-17(10-18(23)26-13)20-19(16-5-3-4-15(9-16)11-24)27-21(31-20)28-22(30)29-7-6-25-14(2)12-29/h3-5,8-10,14,25H,6-7,12H2,1-2H3,(H,27,28,30)/t14-/m1/s1. The molecule has 158 valence electrons. The van der Waals surface area contributed by atoms with Crippen LogP contribution in [0.2, 0.25) is 5.15 Å². The van der Waals surface area contributed by atoms with Gasteiger partial charge in [0.2, 0.25) is 0 Å². The van der Waals surface area contributed by atoms with E-state index in [2.05, 4.69) is 28.6 Å². The molecular weight excluding hydrogens is 432 g/mol. The zero-order valence-electron chi connectivity index (χ0n) is 17.1. The van der Waals surface area contributed by atoms with Crippen LogP contribution in [0.4, 0.5) is 9.93 Å². The first-order valence-electron chi connectivity index (χ1n) is 9.88. The van der Waals surface area contributed by atoms with Crippen molar-refractivity contribution >= 4 is 34.1 Å². The molecule has 0 bridgehead atoms. The maximum atomic E-state index is 12.8. The van der Waals surface area contributed by atoms with Crippen molar-refractivity contribution in [3.05, 3.63) is 52.8 Å². The van der Waals surface area contributed by atoms with Gasteiger partial charge in [0.05, 0.1) is 22.2 Å². The molecule has 3 heterocycles. The topological polar surface area (TPSA) is 93.9 Å². The van der Waals surface area contributed by atoms with Crippen LogP contribution in [0, 0.1) is 18.3 Å². The van der Waals surface area contributed by atoms with Crippen LogP contribution < -0.4 is 10.6 Å². The third-order valence-corrected chi connectivity index (χ3v) is 6.16. The number of pyridine rings is 1. The zero-order valence-corrected chi connectivity index (χ0v) is 18.7. The summed E-state index contributed by atoms with van der Waals surface area (Å²) in [6.07, 6.45) is 0. The van der Waals surface area contributed by atoms with Crippen molar-refractivity contribution in [2.24, 2.45) is 0 Å². The van der Waals surface area contributed by atoms with Gasteiger partial charge in [-0.05, 0) is 43.7 Å². The van der Waals surface area contributed by atoms with Crippen LogP contribution in [0.1, 0.15) is 18.2 Å². The summed E-state index contributed by atoms with van der Waals surface area (Å²) in [6.45, 7) is 5.97. The highest BCUT2D eigenvalue weighted by atomic mass is 35.5. The first kappa shape index (κ1) is 21.2. The van der Waals surface area contributed by atoms with Crippen molar-refractivity contribution in [3.63, 3.8) is 0 Å².